The van der Waals surface area contributed by atoms with E-state index in [9.17, 15) is 14.4 Å². The molecular weight excluding hydrogens is 690 g/mol. The number of amidine groups is 1. The average Bonchev–Trinajstić information content (AvgIpc) is 3.03. The van der Waals surface area contributed by atoms with Gasteiger partial charge in [0.1, 0.15) is 28.2 Å². The number of nitrogens with one attached hydrogen (secondary N) is 1. The van der Waals surface area contributed by atoms with E-state index in [1.165, 1.54) is 44.5 Å². The number of anilines is 1. The molecule has 3 heterocycles. The van der Waals surface area contributed by atoms with Gasteiger partial charge in [-0.05, 0) is 64.8 Å². The van der Waals surface area contributed by atoms with Crippen LogP contribution in [0.1, 0.15) is 76.0 Å². The maximum Gasteiger partial charge on any atom is 0.410 e. The number of Topliss-reactive ketones (excluding diaryl/α,β-unsaturated/α-hetero) is 1. The number of amides is 3. The van der Waals surface area contributed by atoms with Gasteiger partial charge in [-0.3, -0.25) is 9.78 Å². The number of methoxy groups -OCH3 is 1. The Balaban J connectivity index is 1.82. The highest BCUT2D eigenvalue weighted by molar-refractivity contribution is 6.37. The second kappa shape index (κ2) is 16.1. The third-order valence-corrected chi connectivity index (χ3v) is 8.19. The lowest BCUT2D eigenvalue weighted by Gasteiger charge is -2.41. The molecule has 0 saturated carbocycles. The summed E-state index contributed by atoms with van der Waals surface area (Å²) in [5, 5.41) is 2.63. The van der Waals surface area contributed by atoms with Crippen LogP contribution in [-0.4, -0.2) is 88.7 Å². The normalized spacial score (nSPS) is 15.3. The van der Waals surface area contributed by atoms with Crippen LogP contribution in [0.25, 0.3) is 11.3 Å². The number of benzene rings is 1. The molecule has 0 spiro atoms. The first-order chi connectivity index (χ1) is 23.5. The van der Waals surface area contributed by atoms with Gasteiger partial charge in [0, 0.05) is 44.5 Å². The Hall–Kier alpha value is -4.33. The first kappa shape index (κ1) is 38.5. The third kappa shape index (κ3) is 9.06. The zero-order valence-electron chi connectivity index (χ0n) is 29.3. The lowest BCUT2D eigenvalue weighted by Crippen LogP contribution is -2.56. The number of pyridine rings is 2. The van der Waals surface area contributed by atoms with Crippen molar-refractivity contribution in [1.29, 1.82) is 0 Å². The number of hydrogen-bond donors (Lipinski definition) is 1. The van der Waals surface area contributed by atoms with Crippen molar-refractivity contribution in [3.8, 4) is 17.0 Å². The molecule has 1 aromatic carbocycles. The van der Waals surface area contributed by atoms with Crippen molar-refractivity contribution in [2.45, 2.75) is 66.0 Å². The molecule has 1 fully saturated rings. The summed E-state index contributed by atoms with van der Waals surface area (Å²) in [6.45, 7) is 12.9. The van der Waals surface area contributed by atoms with E-state index in [0.717, 1.165) is 0 Å². The Morgan fingerprint density at radius 3 is 2.48 bits per heavy atom. The average molecular weight is 732 g/mol. The minimum absolute atomic E-state index is 0.000695. The Morgan fingerprint density at radius 2 is 1.86 bits per heavy atom. The molecule has 50 heavy (non-hydrogen) atoms. The monoisotopic (exact) mass is 730 g/mol. The molecule has 1 atom stereocenters. The number of carbonyl (C=O) groups excluding carboxylic acids is 3. The van der Waals surface area contributed by atoms with Crippen molar-refractivity contribution >= 4 is 52.6 Å². The zero-order chi connectivity index (χ0) is 36.9. The van der Waals surface area contributed by atoms with E-state index in [1.54, 1.807) is 36.6 Å². The Kier molecular flexibility index (Phi) is 12.4. The fourth-order valence-electron chi connectivity index (χ4n) is 5.39. The number of carbonyl (C=O) groups is 3. The van der Waals surface area contributed by atoms with Crippen molar-refractivity contribution in [3.05, 3.63) is 69.3 Å². The summed E-state index contributed by atoms with van der Waals surface area (Å²) in [5.41, 5.74) is 0.471. The van der Waals surface area contributed by atoms with E-state index < -0.39 is 29.6 Å². The largest absolute Gasteiger partial charge is 0.467 e. The number of ketones is 1. The van der Waals surface area contributed by atoms with Crippen LogP contribution in [0.2, 0.25) is 10.2 Å². The van der Waals surface area contributed by atoms with Crippen molar-refractivity contribution in [2.75, 3.05) is 38.9 Å². The minimum atomic E-state index is -0.820. The fraction of sp³-hybridized carbons (Fsp3) is 0.429. The second-order valence-electron chi connectivity index (χ2n) is 13.0. The molecule has 1 N–H and O–H groups in total. The van der Waals surface area contributed by atoms with Gasteiger partial charge in [-0.1, -0.05) is 43.1 Å². The molecule has 4 rings (SSSR count). The predicted molar refractivity (Wildman–Crippen MR) is 190 cm³/mol. The predicted octanol–water partition coefficient (Wildman–Crippen LogP) is 7.82. The van der Waals surface area contributed by atoms with E-state index in [4.69, 9.17) is 37.4 Å². The van der Waals surface area contributed by atoms with Crippen LogP contribution in [0, 0.1) is 5.82 Å². The quantitative estimate of drug-likeness (QED) is 0.0809. The Morgan fingerprint density at radius 1 is 1.14 bits per heavy atom. The lowest BCUT2D eigenvalue weighted by atomic mass is 10.0. The third-order valence-electron chi connectivity index (χ3n) is 7.61. The zero-order valence-corrected chi connectivity index (χ0v) is 30.8. The molecule has 3 amide bonds. The molecule has 0 radical (unpaired) electrons. The minimum Gasteiger partial charge on any atom is -0.467 e. The number of aromatic nitrogens is 2. The van der Waals surface area contributed by atoms with Gasteiger partial charge < -0.3 is 29.3 Å². The van der Waals surface area contributed by atoms with Gasteiger partial charge >= 0.3 is 12.1 Å². The summed E-state index contributed by atoms with van der Waals surface area (Å²) in [7, 11) is 1.43. The standard InChI is InChI=1S/C35H41Cl2FN6O6/c1-19(2)28-29(22(21(4)45)12-13-39-28)41-33(46)42-32(44-15-14-43(17-20(44)3)34(47)50-35(5,6)7)23-16-24(36)30(40-31(23)37)27-25(38)10-9-11-26(27)49-18-48-8/h9-13,16,19-20H,14-15,17-18H2,1-8H3,(H,41,46)/b42-32+/t20-/m0/s1. The molecular formula is C35H41Cl2FN6O6. The van der Waals surface area contributed by atoms with Gasteiger partial charge in [0.25, 0.3) is 0 Å². The highest BCUT2D eigenvalue weighted by atomic mass is 35.5. The summed E-state index contributed by atoms with van der Waals surface area (Å²) in [5.74, 6) is -0.833. The van der Waals surface area contributed by atoms with Crippen LogP contribution in [0.4, 0.5) is 19.7 Å². The van der Waals surface area contributed by atoms with E-state index in [-0.39, 0.29) is 88.0 Å². The number of aliphatic imine (C=N–C) groups is 1. The summed E-state index contributed by atoms with van der Waals surface area (Å²) in [6, 6.07) is 6.01. The van der Waals surface area contributed by atoms with E-state index in [1.807, 2.05) is 20.8 Å². The van der Waals surface area contributed by atoms with Crippen LogP contribution in [0.3, 0.4) is 0 Å². The number of hydrogen-bond acceptors (Lipinski definition) is 8. The highest BCUT2D eigenvalue weighted by Crippen LogP contribution is 2.38. The Bertz CT molecular complexity index is 1800. The van der Waals surface area contributed by atoms with Crippen LogP contribution >= 0.6 is 23.2 Å². The molecule has 0 bridgehead atoms. The number of ether oxygens (including phenoxy) is 3. The van der Waals surface area contributed by atoms with Crippen molar-refractivity contribution in [2.24, 2.45) is 4.99 Å². The van der Waals surface area contributed by atoms with Gasteiger partial charge in [-0.25, -0.2) is 19.0 Å². The molecule has 12 nitrogen and oxygen atoms in total. The van der Waals surface area contributed by atoms with Crippen molar-refractivity contribution < 1.29 is 33.0 Å². The number of piperazine rings is 1. The molecule has 1 saturated heterocycles. The van der Waals surface area contributed by atoms with Crippen LogP contribution in [-0.2, 0) is 9.47 Å². The molecule has 15 heteroatoms. The van der Waals surface area contributed by atoms with Gasteiger partial charge in [0.15, 0.2) is 12.6 Å². The SMILES string of the molecule is COCOc1cccc(F)c1-c1nc(Cl)c(/C(=N\C(=O)Nc2c(C(C)=O)ccnc2C(C)C)N2CCN(C(=O)OC(C)(C)C)C[C@@H]2C)cc1Cl. The van der Waals surface area contributed by atoms with Crippen LogP contribution < -0.4 is 10.1 Å². The molecule has 1 aliphatic heterocycles. The summed E-state index contributed by atoms with van der Waals surface area (Å²) in [6.07, 6.45) is 1.04. The van der Waals surface area contributed by atoms with E-state index in [0.29, 0.717) is 5.69 Å². The smallest absolute Gasteiger partial charge is 0.410 e. The molecule has 2 aromatic heterocycles. The first-order valence-corrected chi connectivity index (χ1v) is 16.7. The topological polar surface area (TPSA) is 136 Å². The van der Waals surface area contributed by atoms with Crippen LogP contribution in [0.5, 0.6) is 5.75 Å². The van der Waals surface area contributed by atoms with Gasteiger partial charge in [0.05, 0.1) is 33.2 Å². The molecule has 3 aromatic rings. The van der Waals surface area contributed by atoms with Gasteiger partial charge in [0.2, 0.25) is 0 Å². The molecule has 1 aliphatic rings. The summed E-state index contributed by atoms with van der Waals surface area (Å²) in [4.78, 5) is 55.9. The maximum atomic E-state index is 15.2. The summed E-state index contributed by atoms with van der Waals surface area (Å²) >= 11 is 13.6. The number of nitrogens with zero attached hydrogens (tertiary/aromatic N) is 5. The van der Waals surface area contributed by atoms with E-state index in [2.05, 4.69) is 20.3 Å². The summed E-state index contributed by atoms with van der Waals surface area (Å²) < 4.78 is 31.3. The maximum absolute atomic E-state index is 15.2. The van der Waals surface area contributed by atoms with Crippen molar-refractivity contribution in [1.82, 2.24) is 19.8 Å². The van der Waals surface area contributed by atoms with Gasteiger partial charge in [-0.2, -0.15) is 4.99 Å². The van der Waals surface area contributed by atoms with Crippen LogP contribution in [0.15, 0.2) is 41.5 Å². The van der Waals surface area contributed by atoms with Crippen molar-refractivity contribution in [3.63, 3.8) is 0 Å². The number of rotatable bonds is 8. The van der Waals surface area contributed by atoms with Gasteiger partial charge in [-0.15, -0.1) is 0 Å². The lowest BCUT2D eigenvalue weighted by molar-refractivity contribution is 0.0133. The first-order valence-electron chi connectivity index (χ1n) is 15.9. The second-order valence-corrected chi connectivity index (χ2v) is 13.8. The number of halogens is 3. The Labute approximate surface area is 300 Å². The number of urea groups is 1. The molecule has 268 valence electrons. The van der Waals surface area contributed by atoms with E-state index >= 15 is 4.39 Å². The molecule has 0 unspecified atom stereocenters. The fourth-order valence-corrected chi connectivity index (χ4v) is 5.86. The molecule has 0 aliphatic carbocycles. The highest BCUT2D eigenvalue weighted by Gasteiger charge is 2.34.